The van der Waals surface area contributed by atoms with Gasteiger partial charge in [-0.25, -0.2) is 0 Å². The molecule has 0 saturated heterocycles. The molecule has 0 aromatic carbocycles. The Morgan fingerprint density at radius 3 is 2.50 bits per heavy atom. The van der Waals surface area contributed by atoms with Crippen molar-refractivity contribution in [2.24, 2.45) is 0 Å². The molecule has 2 heteroatoms. The zero-order valence-electron chi connectivity index (χ0n) is 4.94. The topological polar surface area (TPSA) is 40.9 Å². The van der Waals surface area contributed by atoms with Gasteiger partial charge < -0.3 is 0 Å². The summed E-state index contributed by atoms with van der Waals surface area (Å²) < 4.78 is 0. The van der Waals surface area contributed by atoms with E-state index in [0.29, 0.717) is 6.42 Å². The first-order chi connectivity index (χ1) is 3.77. The largest absolute Gasteiger partial charge is 0.273 e. The first kappa shape index (κ1) is 7.47. The van der Waals surface area contributed by atoms with Crippen LogP contribution in [-0.2, 0) is 4.79 Å². The van der Waals surface area contributed by atoms with Gasteiger partial charge in [-0.05, 0) is 6.42 Å². The molecule has 0 aliphatic heterocycles. The van der Waals surface area contributed by atoms with Gasteiger partial charge in [0.05, 0.1) is 0 Å². The molecule has 2 nitrogen and oxygen atoms in total. The van der Waals surface area contributed by atoms with E-state index in [1.807, 2.05) is 0 Å². The van der Waals surface area contributed by atoms with Crippen molar-refractivity contribution in [2.45, 2.75) is 25.7 Å². The average molecular weight is 113 g/mol. The summed E-state index contributed by atoms with van der Waals surface area (Å²) in [4.78, 5) is 9.96. The molecular formula is C6H11NO. The van der Waals surface area contributed by atoms with Crippen LogP contribution in [0.3, 0.4) is 0 Å². The van der Waals surface area contributed by atoms with E-state index in [1.54, 1.807) is 0 Å². The first-order valence-electron chi connectivity index (χ1n) is 2.81. The van der Waals surface area contributed by atoms with Gasteiger partial charge in [0.2, 0.25) is 5.91 Å². The molecule has 0 fully saturated rings. The Labute approximate surface area is 50.1 Å². The lowest BCUT2D eigenvalue weighted by Crippen LogP contribution is -1.95. The third-order valence-corrected chi connectivity index (χ3v) is 0.904. The fourth-order valence-corrected chi connectivity index (χ4v) is 0.462. The smallest absolute Gasteiger partial charge is 0.238 e. The number of hydrogen-bond donors (Lipinski definition) is 0. The monoisotopic (exact) mass is 113 g/mol. The molecule has 0 rings (SSSR count). The summed E-state index contributed by atoms with van der Waals surface area (Å²) >= 11 is 0. The fourth-order valence-electron chi connectivity index (χ4n) is 0.462. The molecule has 0 aromatic heterocycles. The molecule has 0 bridgehead atoms. The molecule has 0 saturated carbocycles. The highest BCUT2D eigenvalue weighted by molar-refractivity contribution is 5.72. The molecule has 0 aliphatic carbocycles. The van der Waals surface area contributed by atoms with Crippen LogP contribution in [0.1, 0.15) is 25.7 Å². The number of carbonyl (C=O) groups is 1. The van der Waals surface area contributed by atoms with Crippen LogP contribution >= 0.6 is 0 Å². The summed E-state index contributed by atoms with van der Waals surface area (Å²) in [5.74, 6) is -0.460. The summed E-state index contributed by atoms with van der Waals surface area (Å²) in [5.41, 5.74) is 6.50. The van der Waals surface area contributed by atoms with Crippen molar-refractivity contribution < 1.29 is 4.79 Å². The van der Waals surface area contributed by atoms with E-state index >= 15 is 0 Å². The Hall–Kier alpha value is -0.530. The van der Waals surface area contributed by atoms with Gasteiger partial charge in [0.1, 0.15) is 0 Å². The standard InChI is InChI=1S/C6H11NO/c1-2-3-4-5-6(7)8/h7H,1-5H2. The Morgan fingerprint density at radius 2 is 2.12 bits per heavy atom. The Balaban J connectivity index is 2.82. The highest BCUT2D eigenvalue weighted by Gasteiger charge is 1.91. The number of unbranched alkanes of at least 4 members (excludes halogenated alkanes) is 2. The molecule has 0 unspecified atom stereocenters. The minimum absolute atomic E-state index is 0.398. The first-order valence-corrected chi connectivity index (χ1v) is 2.81. The Morgan fingerprint density at radius 1 is 1.50 bits per heavy atom. The SMILES string of the molecule is [CH2]CCCCC([NH])=O. The summed E-state index contributed by atoms with van der Waals surface area (Å²) in [6.07, 6.45) is 3.05. The second-order valence-corrected chi connectivity index (χ2v) is 1.73. The summed E-state index contributed by atoms with van der Waals surface area (Å²) in [5, 5.41) is 0. The lowest BCUT2D eigenvalue weighted by Gasteiger charge is -1.89. The van der Waals surface area contributed by atoms with Crippen LogP contribution in [0.25, 0.3) is 0 Å². The molecule has 8 heavy (non-hydrogen) atoms. The molecule has 0 aliphatic rings. The normalized spacial score (nSPS) is 9.12. The zero-order chi connectivity index (χ0) is 6.41. The van der Waals surface area contributed by atoms with Crippen molar-refractivity contribution in [2.75, 3.05) is 0 Å². The number of amides is 1. The molecule has 0 heterocycles. The van der Waals surface area contributed by atoms with E-state index in [9.17, 15) is 4.79 Å². The van der Waals surface area contributed by atoms with Gasteiger partial charge in [-0.15, -0.1) is 0 Å². The predicted octanol–water partition coefficient (Wildman–Crippen LogP) is 1.19. The number of rotatable bonds is 4. The molecule has 0 aromatic rings. The quantitative estimate of drug-likeness (QED) is 0.505. The number of hydrogen-bond acceptors (Lipinski definition) is 1. The van der Waals surface area contributed by atoms with Crippen molar-refractivity contribution >= 4 is 5.91 Å². The van der Waals surface area contributed by atoms with Gasteiger partial charge in [0.15, 0.2) is 0 Å². The molecule has 46 valence electrons. The summed E-state index contributed by atoms with van der Waals surface area (Å²) in [6, 6.07) is 0. The predicted molar refractivity (Wildman–Crippen MR) is 31.9 cm³/mol. The molecule has 1 amide bonds. The highest BCUT2D eigenvalue weighted by Crippen LogP contribution is 1.96. The van der Waals surface area contributed by atoms with Gasteiger partial charge in [0, 0.05) is 6.42 Å². The molecular weight excluding hydrogens is 102 g/mol. The molecule has 0 atom stereocenters. The minimum atomic E-state index is -0.460. The maximum absolute atomic E-state index is 9.96. The van der Waals surface area contributed by atoms with Crippen LogP contribution in [0.15, 0.2) is 0 Å². The van der Waals surface area contributed by atoms with Crippen molar-refractivity contribution in [3.05, 3.63) is 6.92 Å². The number of nitrogens with one attached hydrogen (secondary N) is 1. The van der Waals surface area contributed by atoms with E-state index in [2.05, 4.69) is 6.92 Å². The summed E-state index contributed by atoms with van der Waals surface area (Å²) in [7, 11) is 0. The minimum Gasteiger partial charge on any atom is -0.273 e. The maximum atomic E-state index is 9.96. The molecule has 2 radical (unpaired) electrons. The highest BCUT2D eigenvalue weighted by atomic mass is 16.1. The van der Waals surface area contributed by atoms with Crippen LogP contribution in [0, 0.1) is 6.92 Å². The zero-order valence-corrected chi connectivity index (χ0v) is 4.94. The van der Waals surface area contributed by atoms with Crippen molar-refractivity contribution in [3.8, 4) is 0 Å². The second kappa shape index (κ2) is 4.62. The van der Waals surface area contributed by atoms with E-state index in [4.69, 9.17) is 5.73 Å². The third-order valence-electron chi connectivity index (χ3n) is 0.904. The molecule has 0 spiro atoms. The Bertz CT molecular complexity index is 70.9. The van der Waals surface area contributed by atoms with E-state index < -0.39 is 5.91 Å². The lowest BCUT2D eigenvalue weighted by atomic mass is 10.2. The van der Waals surface area contributed by atoms with E-state index in [0.717, 1.165) is 19.3 Å². The second-order valence-electron chi connectivity index (χ2n) is 1.73. The van der Waals surface area contributed by atoms with Crippen LogP contribution in [-0.4, -0.2) is 5.91 Å². The molecule has 1 N–H and O–H groups in total. The van der Waals surface area contributed by atoms with Crippen LogP contribution < -0.4 is 5.73 Å². The van der Waals surface area contributed by atoms with Crippen molar-refractivity contribution in [3.63, 3.8) is 0 Å². The van der Waals surface area contributed by atoms with E-state index in [-0.39, 0.29) is 0 Å². The number of carbonyl (C=O) groups excluding carboxylic acids is 1. The van der Waals surface area contributed by atoms with Crippen LogP contribution in [0.4, 0.5) is 0 Å². The van der Waals surface area contributed by atoms with Crippen molar-refractivity contribution in [1.29, 1.82) is 0 Å². The van der Waals surface area contributed by atoms with Gasteiger partial charge in [0.25, 0.3) is 0 Å². The van der Waals surface area contributed by atoms with Gasteiger partial charge in [-0.2, -0.15) is 0 Å². The third kappa shape index (κ3) is 5.47. The Kier molecular flexibility index (Phi) is 4.32. The summed E-state index contributed by atoms with van der Waals surface area (Å²) in [6.45, 7) is 3.61. The average Bonchev–Trinajstić information content (AvgIpc) is 1.66. The van der Waals surface area contributed by atoms with Gasteiger partial charge >= 0.3 is 0 Å². The van der Waals surface area contributed by atoms with Crippen LogP contribution in [0.5, 0.6) is 0 Å². The fraction of sp³-hybridized carbons (Fsp3) is 0.667. The van der Waals surface area contributed by atoms with Crippen molar-refractivity contribution in [1.82, 2.24) is 5.73 Å². The van der Waals surface area contributed by atoms with Gasteiger partial charge in [-0.3, -0.25) is 10.5 Å². The lowest BCUT2D eigenvalue weighted by molar-refractivity contribution is -0.118. The van der Waals surface area contributed by atoms with Gasteiger partial charge in [-0.1, -0.05) is 19.8 Å². The van der Waals surface area contributed by atoms with Crippen LogP contribution in [0.2, 0.25) is 0 Å². The maximum Gasteiger partial charge on any atom is 0.238 e. The van der Waals surface area contributed by atoms with E-state index in [1.165, 1.54) is 0 Å².